The van der Waals surface area contributed by atoms with Gasteiger partial charge >= 0.3 is 19.5 Å². The summed E-state index contributed by atoms with van der Waals surface area (Å²) in [7, 11) is 0. The first-order valence-electron chi connectivity index (χ1n) is 2.66. The van der Waals surface area contributed by atoms with E-state index in [1.165, 1.54) is 0 Å². The number of hydrogen-bond donors (Lipinski definition) is 0. The fourth-order valence-corrected chi connectivity index (χ4v) is 1.77. The van der Waals surface area contributed by atoms with Crippen molar-refractivity contribution in [2.45, 2.75) is 26.4 Å². The van der Waals surface area contributed by atoms with Crippen LogP contribution in [0.2, 0.25) is 0 Å². The van der Waals surface area contributed by atoms with Crippen LogP contribution in [0.15, 0.2) is 0 Å². The van der Waals surface area contributed by atoms with Gasteiger partial charge in [-0.25, -0.2) is 0 Å². The zero-order valence-corrected chi connectivity index (χ0v) is 11.6. The molecule has 0 aromatic heterocycles. The van der Waals surface area contributed by atoms with Gasteiger partial charge in [-0.15, -0.1) is 17.5 Å². The zero-order valence-electron chi connectivity index (χ0n) is 6.07. The van der Waals surface area contributed by atoms with Gasteiger partial charge in [0.2, 0.25) is 0 Å². The molecule has 0 saturated heterocycles. The molecule has 0 fully saturated rings. The molecule has 2 atom stereocenters. The van der Waals surface area contributed by atoms with E-state index in [1.807, 2.05) is 6.92 Å². The maximum atomic E-state index is 10.6. The van der Waals surface area contributed by atoms with Crippen LogP contribution < -0.4 is 4.89 Å². The molecule has 0 radical (unpaired) electrons. The fourth-order valence-electron chi connectivity index (χ4n) is 0.295. The summed E-state index contributed by atoms with van der Waals surface area (Å²) in [6, 6.07) is 0. The third-order valence-electron chi connectivity index (χ3n) is 0.884. The smallest absolute Gasteiger partial charge is 0.819 e. The predicted molar refractivity (Wildman–Crippen MR) is 42.5 cm³/mol. The first-order valence-corrected chi connectivity index (χ1v) is 6.31. The van der Waals surface area contributed by atoms with Crippen molar-refractivity contribution in [3.8, 4) is 0 Å². The van der Waals surface area contributed by atoms with E-state index >= 15 is 0 Å². The molecule has 0 saturated carbocycles. The molecule has 0 amide bonds. The van der Waals surface area contributed by atoms with E-state index in [-0.39, 0.29) is 25.6 Å². The molecule has 2 unspecified atom stereocenters. The summed E-state index contributed by atoms with van der Waals surface area (Å²) in [6.45, 7) is 3.72. The molecule has 0 aliphatic heterocycles. The SMILES string of the molecule is CCC(C)OP([O-])(=S)[S-].[Zn+2]. The largest absolute Gasteiger partial charge is 2.00 e. The summed E-state index contributed by atoms with van der Waals surface area (Å²) in [5, 5.41) is 0. The molecule has 0 aromatic rings. The van der Waals surface area contributed by atoms with Crippen LogP contribution in [-0.4, -0.2) is 6.10 Å². The Kier molecular flexibility index (Phi) is 8.60. The van der Waals surface area contributed by atoms with Crippen LogP contribution in [0.3, 0.4) is 0 Å². The minimum absolute atomic E-state index is 0. The van der Waals surface area contributed by atoms with Crippen LogP contribution in [0.4, 0.5) is 0 Å². The minimum atomic E-state index is -3.07. The van der Waals surface area contributed by atoms with Gasteiger partial charge in [-0.2, -0.15) is 0 Å². The quantitative estimate of drug-likeness (QED) is 0.423. The van der Waals surface area contributed by atoms with Crippen molar-refractivity contribution in [3.05, 3.63) is 0 Å². The predicted octanol–water partition coefficient (Wildman–Crippen LogP) is 0.931. The molecule has 2 nitrogen and oxygen atoms in total. The molecule has 0 heterocycles. The van der Waals surface area contributed by atoms with Crippen molar-refractivity contribution < 1.29 is 28.9 Å². The maximum Gasteiger partial charge on any atom is 2.00 e. The maximum absolute atomic E-state index is 10.6. The average molecular weight is 250 g/mol. The summed E-state index contributed by atoms with van der Waals surface area (Å²) in [6.07, 6.45) is 0.711. The van der Waals surface area contributed by atoms with Crippen LogP contribution in [0.1, 0.15) is 20.3 Å². The van der Waals surface area contributed by atoms with E-state index in [2.05, 4.69) is 24.1 Å². The van der Waals surface area contributed by atoms with Crippen molar-refractivity contribution in [2.75, 3.05) is 0 Å². The topological polar surface area (TPSA) is 32.3 Å². The third-order valence-corrected chi connectivity index (χ3v) is 2.02. The van der Waals surface area contributed by atoms with Crippen molar-refractivity contribution in [3.63, 3.8) is 0 Å². The second-order valence-electron chi connectivity index (χ2n) is 1.77. The molecule has 0 aliphatic rings. The summed E-state index contributed by atoms with van der Waals surface area (Å²) >= 11 is 8.75. The van der Waals surface area contributed by atoms with Gasteiger partial charge in [-0.1, -0.05) is 6.92 Å². The molecular weight excluding hydrogens is 241 g/mol. The third kappa shape index (κ3) is 9.54. The van der Waals surface area contributed by atoms with Gasteiger partial charge in [-0.05, 0) is 13.3 Å². The Morgan fingerprint density at radius 3 is 2.30 bits per heavy atom. The summed E-state index contributed by atoms with van der Waals surface area (Å²) in [5.74, 6) is 0. The molecule has 0 rings (SSSR count). The Hall–Kier alpha value is 1.54. The van der Waals surface area contributed by atoms with E-state index in [4.69, 9.17) is 4.52 Å². The second-order valence-corrected chi connectivity index (χ2v) is 6.45. The van der Waals surface area contributed by atoms with Gasteiger partial charge in [0.15, 0.2) is 0 Å². The zero-order chi connectivity index (χ0) is 7.49. The molecule has 0 spiro atoms. The van der Waals surface area contributed by atoms with Crippen LogP contribution >= 0.6 is 5.69 Å². The van der Waals surface area contributed by atoms with Gasteiger partial charge in [0, 0.05) is 0 Å². The fraction of sp³-hybridized carbons (Fsp3) is 1.00. The standard InChI is InChI=1S/C4H11O2PS2.Zn/c1-3-4(2)6-7(5,8)9;/h4H,3H2,1-2H3,(H2,5,8,9);/q;+2/p-2. The number of hydrogen-bond acceptors (Lipinski definition) is 4. The Labute approximate surface area is 84.8 Å². The van der Waals surface area contributed by atoms with Crippen LogP contribution in [0, 0.1) is 0 Å². The Balaban J connectivity index is 0. The van der Waals surface area contributed by atoms with Crippen LogP contribution in [-0.2, 0) is 48.1 Å². The van der Waals surface area contributed by atoms with Crippen molar-refractivity contribution in [1.29, 1.82) is 0 Å². The first-order chi connectivity index (χ1) is 3.95. The average Bonchev–Trinajstić information content (AvgIpc) is 1.62. The summed E-state index contributed by atoms with van der Waals surface area (Å²) in [5.41, 5.74) is -3.07. The monoisotopic (exact) mass is 248 g/mol. The van der Waals surface area contributed by atoms with Gasteiger partial charge in [0.1, 0.15) is 0 Å². The Morgan fingerprint density at radius 1 is 1.80 bits per heavy atom. The Bertz CT molecular complexity index is 126. The second kappa shape index (κ2) is 6.10. The molecule has 10 heavy (non-hydrogen) atoms. The van der Waals surface area contributed by atoms with Crippen molar-refractivity contribution >= 4 is 29.7 Å². The number of rotatable bonds is 3. The van der Waals surface area contributed by atoms with E-state index in [0.29, 0.717) is 0 Å². The Morgan fingerprint density at radius 2 is 2.20 bits per heavy atom. The molecular formula is C4H9O2PS2Zn. The van der Waals surface area contributed by atoms with Crippen molar-refractivity contribution in [2.24, 2.45) is 0 Å². The van der Waals surface area contributed by atoms with Gasteiger partial charge in [0.05, 0.1) is 6.10 Å². The van der Waals surface area contributed by atoms with Crippen LogP contribution in [0.25, 0.3) is 0 Å². The van der Waals surface area contributed by atoms with Gasteiger partial charge < -0.3 is 21.7 Å². The molecule has 56 valence electrons. The molecule has 6 heteroatoms. The summed E-state index contributed by atoms with van der Waals surface area (Å²) in [4.78, 5) is 10.6. The molecule has 0 aromatic carbocycles. The van der Waals surface area contributed by atoms with E-state index in [0.717, 1.165) is 6.42 Å². The first kappa shape index (κ1) is 14.1. The minimum Gasteiger partial charge on any atom is -0.819 e. The van der Waals surface area contributed by atoms with E-state index in [9.17, 15) is 4.89 Å². The van der Waals surface area contributed by atoms with Gasteiger partial charge in [0.25, 0.3) is 0 Å². The molecule has 0 bridgehead atoms. The normalized spacial score (nSPS) is 18.8. The summed E-state index contributed by atoms with van der Waals surface area (Å²) < 4.78 is 4.77. The van der Waals surface area contributed by atoms with E-state index < -0.39 is 5.69 Å². The van der Waals surface area contributed by atoms with Gasteiger partial charge in [-0.3, -0.25) is 0 Å². The molecule has 0 aliphatic carbocycles. The van der Waals surface area contributed by atoms with Crippen molar-refractivity contribution in [1.82, 2.24) is 0 Å². The molecule has 0 N–H and O–H groups in total. The van der Waals surface area contributed by atoms with Crippen LogP contribution in [0.5, 0.6) is 0 Å². The van der Waals surface area contributed by atoms with E-state index in [1.54, 1.807) is 6.92 Å².